The number of carbonyl (C=O) groups is 1. The topological polar surface area (TPSA) is 73.2 Å². The Morgan fingerprint density at radius 3 is 2.81 bits per heavy atom. The number of amides is 1. The van der Waals surface area contributed by atoms with Gasteiger partial charge in [0.1, 0.15) is 5.75 Å². The third kappa shape index (κ3) is 4.77. The summed E-state index contributed by atoms with van der Waals surface area (Å²) in [4.78, 5) is 30.7. The fraction of sp³-hybridized carbons (Fsp3) is 0.375. The number of fused-ring (bicyclic) bond motifs is 1. The molecule has 1 aliphatic rings. The number of carbonyl (C=O) groups excluding carboxylic acids is 1. The van der Waals surface area contributed by atoms with Gasteiger partial charge in [-0.3, -0.25) is 14.2 Å². The molecule has 7 heteroatoms. The van der Waals surface area contributed by atoms with Crippen molar-refractivity contribution in [2.45, 2.75) is 43.8 Å². The molecule has 2 aromatic carbocycles. The summed E-state index contributed by atoms with van der Waals surface area (Å²) in [5.41, 5.74) is 1.12. The fourth-order valence-electron chi connectivity index (χ4n) is 4.10. The Balaban J connectivity index is 1.64. The van der Waals surface area contributed by atoms with E-state index in [1.54, 1.807) is 23.8 Å². The molecule has 0 radical (unpaired) electrons. The van der Waals surface area contributed by atoms with Crippen LogP contribution in [-0.4, -0.2) is 34.4 Å². The fourth-order valence-corrected chi connectivity index (χ4v) is 4.92. The molecule has 0 spiro atoms. The summed E-state index contributed by atoms with van der Waals surface area (Å²) in [7, 11) is 1.59. The highest BCUT2D eigenvalue weighted by atomic mass is 32.2. The first kappa shape index (κ1) is 21.4. The first-order valence-electron chi connectivity index (χ1n) is 10.6. The molecule has 0 bridgehead atoms. The van der Waals surface area contributed by atoms with Gasteiger partial charge < -0.3 is 10.1 Å². The van der Waals surface area contributed by atoms with E-state index in [0.29, 0.717) is 33.4 Å². The Labute approximate surface area is 186 Å². The number of rotatable bonds is 6. The number of aromatic nitrogens is 2. The first-order chi connectivity index (χ1) is 15.1. The molecule has 4 rings (SSSR count). The van der Waals surface area contributed by atoms with Gasteiger partial charge in [0, 0.05) is 12.1 Å². The zero-order valence-corrected chi connectivity index (χ0v) is 18.7. The summed E-state index contributed by atoms with van der Waals surface area (Å²) in [5, 5.41) is 4.20. The smallest absolute Gasteiger partial charge is 0.266 e. The SMILES string of the molecule is COc1cccc(-n2c(SCC(=O)NC3CCCCC3C)nc3ccccc3c2=O)c1. The van der Waals surface area contributed by atoms with Gasteiger partial charge in [0.05, 0.1) is 29.5 Å². The number of methoxy groups -OCH3 is 1. The lowest BCUT2D eigenvalue weighted by atomic mass is 9.86. The number of hydrogen-bond donors (Lipinski definition) is 1. The third-order valence-corrected chi connectivity index (χ3v) is 6.79. The molecule has 1 heterocycles. The third-order valence-electron chi connectivity index (χ3n) is 5.85. The molecule has 1 saturated carbocycles. The van der Waals surface area contributed by atoms with Crippen molar-refractivity contribution < 1.29 is 9.53 Å². The number of para-hydroxylation sites is 1. The van der Waals surface area contributed by atoms with E-state index in [1.807, 2.05) is 36.4 Å². The van der Waals surface area contributed by atoms with Crippen LogP contribution in [0.25, 0.3) is 16.6 Å². The van der Waals surface area contributed by atoms with E-state index in [9.17, 15) is 9.59 Å². The van der Waals surface area contributed by atoms with E-state index in [-0.39, 0.29) is 23.3 Å². The standard InChI is InChI=1S/C24H27N3O3S/c1-16-8-3-5-12-20(16)25-22(28)15-31-24-26-21-13-6-4-11-19(21)23(29)27(24)17-9-7-10-18(14-17)30-2/h4,6-7,9-11,13-14,16,20H,3,5,8,12,15H2,1-2H3,(H,25,28). The molecule has 1 aromatic heterocycles. The minimum Gasteiger partial charge on any atom is -0.497 e. The number of ether oxygens (including phenoxy) is 1. The monoisotopic (exact) mass is 437 g/mol. The van der Waals surface area contributed by atoms with E-state index in [2.05, 4.69) is 12.2 Å². The van der Waals surface area contributed by atoms with Crippen LogP contribution >= 0.6 is 11.8 Å². The molecule has 162 valence electrons. The van der Waals surface area contributed by atoms with E-state index in [0.717, 1.165) is 19.3 Å². The Hall–Kier alpha value is -2.80. The zero-order chi connectivity index (χ0) is 21.8. The molecule has 1 fully saturated rings. The molecule has 1 N–H and O–H groups in total. The number of benzene rings is 2. The predicted octanol–water partition coefficient (Wildman–Crippen LogP) is 4.18. The average Bonchev–Trinajstić information content (AvgIpc) is 2.79. The van der Waals surface area contributed by atoms with E-state index < -0.39 is 0 Å². The van der Waals surface area contributed by atoms with Crippen molar-refractivity contribution in [1.29, 1.82) is 0 Å². The van der Waals surface area contributed by atoms with Crippen LogP contribution in [-0.2, 0) is 4.79 Å². The van der Waals surface area contributed by atoms with Gasteiger partial charge in [0.15, 0.2) is 5.16 Å². The van der Waals surface area contributed by atoms with Crippen LogP contribution in [0.3, 0.4) is 0 Å². The van der Waals surface area contributed by atoms with Gasteiger partial charge >= 0.3 is 0 Å². The van der Waals surface area contributed by atoms with Gasteiger partial charge in [-0.1, -0.05) is 49.7 Å². The van der Waals surface area contributed by atoms with Crippen LogP contribution in [0.5, 0.6) is 5.75 Å². The summed E-state index contributed by atoms with van der Waals surface area (Å²) in [6.45, 7) is 2.20. The second-order valence-corrected chi connectivity index (χ2v) is 8.92. The van der Waals surface area contributed by atoms with Crippen molar-refractivity contribution in [2.75, 3.05) is 12.9 Å². The van der Waals surface area contributed by atoms with Crippen molar-refractivity contribution >= 4 is 28.6 Å². The van der Waals surface area contributed by atoms with Crippen LogP contribution < -0.4 is 15.6 Å². The van der Waals surface area contributed by atoms with Crippen LogP contribution in [0.1, 0.15) is 32.6 Å². The predicted molar refractivity (Wildman–Crippen MR) is 124 cm³/mol. The van der Waals surface area contributed by atoms with Gasteiger partial charge in [0.25, 0.3) is 5.56 Å². The lowest BCUT2D eigenvalue weighted by Gasteiger charge is -2.29. The molecule has 0 saturated heterocycles. The number of nitrogens with zero attached hydrogens (tertiary/aromatic N) is 2. The molecule has 3 aromatic rings. The molecule has 1 aliphatic carbocycles. The first-order valence-corrected chi connectivity index (χ1v) is 11.6. The summed E-state index contributed by atoms with van der Waals surface area (Å²) in [6, 6.07) is 14.8. The molecule has 31 heavy (non-hydrogen) atoms. The molecule has 2 unspecified atom stereocenters. The van der Waals surface area contributed by atoms with Crippen molar-refractivity contribution in [3.8, 4) is 11.4 Å². The molecule has 0 aliphatic heterocycles. The normalized spacial score (nSPS) is 18.6. The molecule has 2 atom stereocenters. The Bertz CT molecular complexity index is 1140. The van der Waals surface area contributed by atoms with Crippen molar-refractivity contribution in [1.82, 2.24) is 14.9 Å². The molecule has 1 amide bonds. The van der Waals surface area contributed by atoms with Crippen molar-refractivity contribution in [2.24, 2.45) is 5.92 Å². The van der Waals surface area contributed by atoms with Crippen LogP contribution in [0.15, 0.2) is 58.5 Å². The maximum atomic E-state index is 13.3. The lowest BCUT2D eigenvalue weighted by molar-refractivity contribution is -0.119. The average molecular weight is 438 g/mol. The molecular formula is C24H27N3O3S. The summed E-state index contributed by atoms with van der Waals surface area (Å²) < 4.78 is 6.89. The number of nitrogens with one attached hydrogen (secondary N) is 1. The van der Waals surface area contributed by atoms with Crippen LogP contribution in [0.4, 0.5) is 0 Å². The highest BCUT2D eigenvalue weighted by Crippen LogP contribution is 2.25. The number of hydrogen-bond acceptors (Lipinski definition) is 5. The quantitative estimate of drug-likeness (QED) is 0.463. The Kier molecular flexibility index (Phi) is 6.61. The highest BCUT2D eigenvalue weighted by Gasteiger charge is 2.23. The van der Waals surface area contributed by atoms with Gasteiger partial charge in [0.2, 0.25) is 5.91 Å². The zero-order valence-electron chi connectivity index (χ0n) is 17.8. The van der Waals surface area contributed by atoms with Gasteiger partial charge in [-0.05, 0) is 43.0 Å². The van der Waals surface area contributed by atoms with Crippen LogP contribution in [0.2, 0.25) is 0 Å². The lowest BCUT2D eigenvalue weighted by Crippen LogP contribution is -2.41. The second kappa shape index (κ2) is 9.56. The van der Waals surface area contributed by atoms with Crippen molar-refractivity contribution in [3.63, 3.8) is 0 Å². The largest absolute Gasteiger partial charge is 0.497 e. The summed E-state index contributed by atoms with van der Waals surface area (Å²) in [5.74, 6) is 1.33. The van der Waals surface area contributed by atoms with Gasteiger partial charge in [-0.25, -0.2) is 4.98 Å². The Morgan fingerprint density at radius 2 is 2.00 bits per heavy atom. The minimum absolute atomic E-state index is 0.0247. The summed E-state index contributed by atoms with van der Waals surface area (Å²) >= 11 is 1.28. The van der Waals surface area contributed by atoms with Gasteiger partial charge in [-0.15, -0.1) is 0 Å². The maximum absolute atomic E-state index is 13.3. The molecular weight excluding hydrogens is 410 g/mol. The highest BCUT2D eigenvalue weighted by molar-refractivity contribution is 7.99. The van der Waals surface area contributed by atoms with Crippen LogP contribution in [0, 0.1) is 5.92 Å². The summed E-state index contributed by atoms with van der Waals surface area (Å²) in [6.07, 6.45) is 4.57. The second-order valence-electron chi connectivity index (χ2n) is 7.98. The maximum Gasteiger partial charge on any atom is 0.266 e. The number of thioether (sulfide) groups is 1. The van der Waals surface area contributed by atoms with Crippen molar-refractivity contribution in [3.05, 3.63) is 58.9 Å². The van der Waals surface area contributed by atoms with E-state index in [1.165, 1.54) is 18.2 Å². The Morgan fingerprint density at radius 1 is 1.19 bits per heavy atom. The van der Waals surface area contributed by atoms with Gasteiger partial charge in [-0.2, -0.15) is 0 Å². The minimum atomic E-state index is -0.164. The van der Waals surface area contributed by atoms with E-state index in [4.69, 9.17) is 9.72 Å². The molecule has 6 nitrogen and oxygen atoms in total. The van der Waals surface area contributed by atoms with E-state index >= 15 is 0 Å².